The van der Waals surface area contributed by atoms with Gasteiger partial charge in [-0.3, -0.25) is 4.79 Å². The number of hydrogen-bond donors (Lipinski definition) is 2. The van der Waals surface area contributed by atoms with Gasteiger partial charge in [-0.2, -0.15) is 9.49 Å². The minimum atomic E-state index is -1.43. The number of nitrogens with zero attached hydrogens (tertiary/aromatic N) is 3. The number of halogens is 1. The highest BCUT2D eigenvalue weighted by molar-refractivity contribution is 6.77. The zero-order chi connectivity index (χ0) is 24.8. The van der Waals surface area contributed by atoms with Crippen LogP contribution in [0.25, 0.3) is 11.1 Å². The quantitative estimate of drug-likeness (QED) is 0.299. The zero-order valence-electron chi connectivity index (χ0n) is 21.0. The summed E-state index contributed by atoms with van der Waals surface area (Å²) >= 11 is 0. The van der Waals surface area contributed by atoms with Gasteiger partial charge in [0.05, 0.1) is 19.5 Å². The number of nitrogens with two attached hydrogens (primary N) is 1. The second-order valence-corrected chi connectivity index (χ2v) is 16.3. The molecule has 2 saturated carbocycles. The van der Waals surface area contributed by atoms with Crippen LogP contribution in [0.1, 0.15) is 44.0 Å². The van der Waals surface area contributed by atoms with Crippen molar-refractivity contribution in [1.29, 1.82) is 0 Å². The average molecular weight is 486 g/mol. The molecule has 184 valence electrons. The van der Waals surface area contributed by atoms with E-state index in [0.29, 0.717) is 35.4 Å². The van der Waals surface area contributed by atoms with Crippen LogP contribution in [-0.2, 0) is 16.3 Å². The highest BCUT2D eigenvalue weighted by Gasteiger charge is 2.39. The fourth-order valence-corrected chi connectivity index (χ4v) is 4.79. The largest absolute Gasteiger partial charge is 0.394 e. The zero-order valence-corrected chi connectivity index (χ0v) is 22.0. The Balaban J connectivity index is 1.51. The summed E-state index contributed by atoms with van der Waals surface area (Å²) < 4.78 is 22.9. The molecule has 2 aliphatic rings. The number of nitrogens with one attached hydrogen (secondary N) is 1. The molecule has 0 aliphatic heterocycles. The van der Waals surface area contributed by atoms with E-state index in [2.05, 4.69) is 42.0 Å². The summed E-state index contributed by atoms with van der Waals surface area (Å²) in [6.45, 7) is 12.9. The molecule has 4 rings (SSSR count). The lowest BCUT2D eigenvalue weighted by Gasteiger charge is -2.25. The van der Waals surface area contributed by atoms with Crippen molar-refractivity contribution < 1.29 is 13.9 Å². The minimum Gasteiger partial charge on any atom is -0.394 e. The van der Waals surface area contributed by atoms with Crippen molar-refractivity contribution in [2.75, 3.05) is 5.32 Å². The summed E-state index contributed by atoms with van der Waals surface area (Å²) in [7, 11) is -1.43. The van der Waals surface area contributed by atoms with E-state index in [1.807, 2.05) is 13.8 Å². The number of hydrogen-bond acceptors (Lipinski definition) is 5. The molecule has 9 heteroatoms. The Kier molecular flexibility index (Phi) is 6.70. The molecule has 0 saturated heterocycles. The van der Waals surface area contributed by atoms with Crippen LogP contribution in [0.15, 0.2) is 23.4 Å². The van der Waals surface area contributed by atoms with E-state index in [1.54, 1.807) is 16.8 Å². The Morgan fingerprint density at radius 3 is 2.38 bits per heavy atom. The Hall–Kier alpha value is -2.52. The van der Waals surface area contributed by atoms with E-state index in [1.165, 1.54) is 0 Å². The van der Waals surface area contributed by atoms with Crippen LogP contribution in [0, 0.1) is 31.6 Å². The van der Waals surface area contributed by atoms with Crippen molar-refractivity contribution >= 4 is 19.8 Å². The lowest BCUT2D eigenvalue weighted by Crippen LogP contribution is -2.38. The molecule has 1 atom stereocenters. The number of carbonyl (C=O) groups is 1. The van der Waals surface area contributed by atoms with Gasteiger partial charge >= 0.3 is 0 Å². The Bertz CT molecular complexity index is 1120. The Morgan fingerprint density at radius 1 is 1.24 bits per heavy atom. The molecule has 1 amide bonds. The first kappa shape index (κ1) is 24.6. The second-order valence-electron chi connectivity index (χ2n) is 10.8. The highest BCUT2D eigenvalue weighted by atomic mass is 28.3. The van der Waals surface area contributed by atoms with Crippen LogP contribution >= 0.6 is 0 Å². The summed E-state index contributed by atoms with van der Waals surface area (Å²) in [5.41, 5.74) is 10.3. The molecule has 0 aromatic carbocycles. The normalized spacial score (nSPS) is 16.9. The number of aromatic nitrogens is 3. The van der Waals surface area contributed by atoms with Gasteiger partial charge in [-0.1, -0.05) is 19.6 Å². The molecule has 2 aromatic heterocycles. The van der Waals surface area contributed by atoms with E-state index in [0.717, 1.165) is 37.0 Å². The average Bonchev–Trinajstić information content (AvgIpc) is 3.67. The smallest absolute Gasteiger partial charge is 0.272 e. The van der Waals surface area contributed by atoms with Crippen LogP contribution in [-0.4, -0.2) is 34.5 Å². The number of rotatable bonds is 9. The summed E-state index contributed by atoms with van der Waals surface area (Å²) in [6.07, 6.45) is 4.37. The summed E-state index contributed by atoms with van der Waals surface area (Å²) in [4.78, 5) is 16.7. The van der Waals surface area contributed by atoms with Gasteiger partial charge in [0.2, 0.25) is 5.95 Å². The highest BCUT2D eigenvalue weighted by Crippen LogP contribution is 2.49. The second kappa shape index (κ2) is 9.26. The first-order valence-corrected chi connectivity index (χ1v) is 15.7. The van der Waals surface area contributed by atoms with Crippen molar-refractivity contribution in [3.8, 4) is 11.1 Å². The van der Waals surface area contributed by atoms with E-state index >= 15 is 4.39 Å². The molecule has 2 fully saturated rings. The number of anilines is 1. The van der Waals surface area contributed by atoms with E-state index in [4.69, 9.17) is 10.5 Å². The Morgan fingerprint density at radius 2 is 1.85 bits per heavy atom. The predicted octanol–water partition coefficient (Wildman–Crippen LogP) is 4.91. The van der Waals surface area contributed by atoms with Gasteiger partial charge in [0.25, 0.3) is 5.91 Å². The van der Waals surface area contributed by atoms with Crippen molar-refractivity contribution in [1.82, 2.24) is 14.8 Å². The number of ether oxygens (including phenoxy) is 1. The number of pyridine rings is 1. The Labute approximate surface area is 202 Å². The van der Waals surface area contributed by atoms with E-state index < -0.39 is 19.9 Å². The number of allylic oxidation sites excluding steroid dienone is 1. The van der Waals surface area contributed by atoms with Crippen molar-refractivity contribution in [3.63, 3.8) is 0 Å². The summed E-state index contributed by atoms with van der Waals surface area (Å²) in [6, 6.07) is 3.24. The van der Waals surface area contributed by atoms with Crippen molar-refractivity contribution in [3.05, 3.63) is 40.7 Å². The SMILES string of the molecule is Cc1nn(CO[C@H](C)[Si](C)(C)C)c(C)c1-c1ccc(NC(=O)C(N)=C(C2CC2)C2CC2)nc1F. The van der Waals surface area contributed by atoms with E-state index in [9.17, 15) is 4.79 Å². The maximum absolute atomic E-state index is 15.1. The van der Waals surface area contributed by atoms with Crippen LogP contribution in [0.3, 0.4) is 0 Å². The molecule has 2 aromatic rings. The van der Waals surface area contributed by atoms with Crippen LogP contribution in [0.2, 0.25) is 19.6 Å². The first-order chi connectivity index (χ1) is 16.0. The van der Waals surface area contributed by atoms with Gasteiger partial charge in [0, 0.05) is 22.5 Å². The molecule has 7 nitrogen and oxygen atoms in total. The maximum atomic E-state index is 15.1. The molecule has 0 spiro atoms. The lowest BCUT2D eigenvalue weighted by atomic mass is 10.0. The fourth-order valence-electron chi connectivity index (χ4n) is 4.21. The van der Waals surface area contributed by atoms with Crippen LogP contribution in [0.4, 0.5) is 10.2 Å². The molecular weight excluding hydrogens is 449 g/mol. The van der Waals surface area contributed by atoms with Gasteiger partial charge in [-0.25, -0.2) is 9.67 Å². The number of carbonyl (C=O) groups excluding carboxylic acids is 1. The molecule has 0 radical (unpaired) electrons. The third-order valence-corrected chi connectivity index (χ3v) is 9.60. The van der Waals surface area contributed by atoms with Crippen LogP contribution < -0.4 is 11.1 Å². The first-order valence-electron chi connectivity index (χ1n) is 12.1. The van der Waals surface area contributed by atoms with E-state index in [-0.39, 0.29) is 17.2 Å². The molecule has 34 heavy (non-hydrogen) atoms. The molecule has 0 bridgehead atoms. The van der Waals surface area contributed by atoms with Crippen molar-refractivity contribution in [2.45, 2.75) is 78.6 Å². The fraction of sp³-hybridized carbons (Fsp3) is 0.560. The predicted molar refractivity (Wildman–Crippen MR) is 134 cm³/mol. The third-order valence-electron chi connectivity index (χ3n) is 7.00. The van der Waals surface area contributed by atoms with Gasteiger partial charge in [0.1, 0.15) is 12.5 Å². The maximum Gasteiger partial charge on any atom is 0.272 e. The molecule has 2 heterocycles. The van der Waals surface area contributed by atoms with Crippen molar-refractivity contribution in [2.24, 2.45) is 17.6 Å². The lowest BCUT2D eigenvalue weighted by molar-refractivity contribution is -0.113. The van der Waals surface area contributed by atoms with Gasteiger partial charge in [0.15, 0.2) is 0 Å². The van der Waals surface area contributed by atoms with Gasteiger partial charge in [-0.05, 0) is 76.0 Å². The van der Waals surface area contributed by atoms with Gasteiger partial charge < -0.3 is 15.8 Å². The monoisotopic (exact) mass is 485 g/mol. The summed E-state index contributed by atoms with van der Waals surface area (Å²) in [5.74, 6) is -0.0411. The summed E-state index contributed by atoms with van der Waals surface area (Å²) in [5, 5.41) is 7.24. The third kappa shape index (κ3) is 5.25. The molecule has 3 N–H and O–H groups in total. The standard InChI is InChI=1S/C25H36FN5O2Si/c1-14-21(15(2)31(30-14)13-33-16(3)34(4,5)6)19-11-12-20(28-24(19)26)29-25(32)23(27)22(17-7-8-17)18-9-10-18/h11-12,16-18H,7-10,13,27H2,1-6H3,(H,28,29,32)/t16-/m0/s1. The minimum absolute atomic E-state index is 0.148. The molecule has 2 aliphatic carbocycles. The molecule has 0 unspecified atom stereocenters. The molecular formula is C25H36FN5O2Si. The number of aryl methyl sites for hydroxylation is 1. The topological polar surface area (TPSA) is 95.1 Å². The number of amides is 1. The van der Waals surface area contributed by atoms with Gasteiger partial charge in [-0.15, -0.1) is 0 Å². The van der Waals surface area contributed by atoms with Crippen LogP contribution in [0.5, 0.6) is 0 Å².